The van der Waals surface area contributed by atoms with Gasteiger partial charge in [-0.15, -0.1) is 0 Å². The lowest BCUT2D eigenvalue weighted by molar-refractivity contribution is -0.394. The number of carbonyl (C=O) groups excluding carboxylic acids is 1. The SMILES string of the molecule is O=Cc1cc([N+](=O)[O-])ccc1Oc1ccc([N+](=O)[O-])cc1[N+](=O)[O-]. The summed E-state index contributed by atoms with van der Waals surface area (Å²) < 4.78 is 5.24. The van der Waals surface area contributed by atoms with Crippen LogP contribution >= 0.6 is 0 Å². The molecule has 0 N–H and O–H groups in total. The van der Waals surface area contributed by atoms with Crippen LogP contribution in [0, 0.1) is 30.3 Å². The van der Waals surface area contributed by atoms with Crippen LogP contribution in [0.2, 0.25) is 0 Å². The second-order valence-electron chi connectivity index (χ2n) is 4.37. The average Bonchev–Trinajstić information content (AvgIpc) is 2.54. The highest BCUT2D eigenvalue weighted by molar-refractivity contribution is 5.81. The predicted molar refractivity (Wildman–Crippen MR) is 78.3 cm³/mol. The van der Waals surface area contributed by atoms with Crippen molar-refractivity contribution in [1.29, 1.82) is 0 Å². The molecular weight excluding hydrogens is 326 g/mol. The van der Waals surface area contributed by atoms with Crippen molar-refractivity contribution in [2.75, 3.05) is 0 Å². The van der Waals surface area contributed by atoms with E-state index < -0.39 is 26.1 Å². The molecule has 0 spiro atoms. The van der Waals surface area contributed by atoms with Crippen LogP contribution in [0.5, 0.6) is 11.5 Å². The standard InChI is InChI=1S/C13H7N3O8/c17-7-8-5-9(14(18)19)1-3-12(8)24-13-4-2-10(15(20)21)6-11(13)16(22)23/h1-7H. The second kappa shape index (κ2) is 6.48. The highest BCUT2D eigenvalue weighted by Crippen LogP contribution is 2.36. The van der Waals surface area contributed by atoms with Crippen molar-refractivity contribution in [2.45, 2.75) is 0 Å². The van der Waals surface area contributed by atoms with Crippen molar-refractivity contribution in [3.63, 3.8) is 0 Å². The Labute approximate surface area is 132 Å². The van der Waals surface area contributed by atoms with E-state index in [1.165, 1.54) is 0 Å². The molecule has 0 unspecified atom stereocenters. The van der Waals surface area contributed by atoms with Crippen molar-refractivity contribution in [2.24, 2.45) is 0 Å². The molecule has 0 aliphatic heterocycles. The zero-order chi connectivity index (χ0) is 17.9. The van der Waals surface area contributed by atoms with Crippen LogP contribution in [0.3, 0.4) is 0 Å². The van der Waals surface area contributed by atoms with Gasteiger partial charge in [-0.25, -0.2) is 0 Å². The van der Waals surface area contributed by atoms with Gasteiger partial charge in [-0.3, -0.25) is 35.1 Å². The van der Waals surface area contributed by atoms with E-state index in [2.05, 4.69) is 0 Å². The van der Waals surface area contributed by atoms with Crippen molar-refractivity contribution in [3.05, 3.63) is 72.3 Å². The molecule has 0 saturated heterocycles. The molecule has 0 amide bonds. The Hall–Kier alpha value is -3.89. The van der Waals surface area contributed by atoms with Gasteiger partial charge in [0.05, 0.1) is 26.4 Å². The van der Waals surface area contributed by atoms with Crippen LogP contribution in [0.1, 0.15) is 10.4 Å². The molecule has 0 saturated carbocycles. The summed E-state index contributed by atoms with van der Waals surface area (Å²) in [5, 5.41) is 32.4. The summed E-state index contributed by atoms with van der Waals surface area (Å²) in [7, 11) is 0. The van der Waals surface area contributed by atoms with Gasteiger partial charge in [-0.2, -0.15) is 0 Å². The van der Waals surface area contributed by atoms with E-state index in [4.69, 9.17) is 4.74 Å². The molecule has 11 heteroatoms. The zero-order valence-electron chi connectivity index (χ0n) is 11.6. The van der Waals surface area contributed by atoms with Crippen molar-refractivity contribution < 1.29 is 24.3 Å². The minimum Gasteiger partial charge on any atom is -0.449 e. The van der Waals surface area contributed by atoms with Crippen LogP contribution in [-0.4, -0.2) is 21.1 Å². The van der Waals surface area contributed by atoms with E-state index in [-0.39, 0.29) is 22.7 Å². The molecule has 0 fully saturated rings. The van der Waals surface area contributed by atoms with Crippen molar-refractivity contribution in [1.82, 2.24) is 0 Å². The first-order valence-electron chi connectivity index (χ1n) is 6.17. The summed E-state index contributed by atoms with van der Waals surface area (Å²) in [6, 6.07) is 5.81. The molecule has 2 aromatic rings. The minimum absolute atomic E-state index is 0.160. The Balaban J connectivity index is 2.48. The van der Waals surface area contributed by atoms with Gasteiger partial charge >= 0.3 is 5.69 Å². The number of nitrogens with zero attached hydrogens (tertiary/aromatic N) is 3. The van der Waals surface area contributed by atoms with E-state index in [0.29, 0.717) is 12.4 Å². The number of rotatable bonds is 6. The predicted octanol–water partition coefficient (Wildman–Crippen LogP) is 3.02. The number of hydrogen-bond acceptors (Lipinski definition) is 8. The molecule has 0 aliphatic carbocycles. The lowest BCUT2D eigenvalue weighted by Gasteiger charge is -2.08. The average molecular weight is 333 g/mol. The second-order valence-corrected chi connectivity index (χ2v) is 4.37. The highest BCUT2D eigenvalue weighted by atomic mass is 16.6. The van der Waals surface area contributed by atoms with Crippen LogP contribution in [0.25, 0.3) is 0 Å². The van der Waals surface area contributed by atoms with Gasteiger partial charge in [0, 0.05) is 18.2 Å². The third-order valence-electron chi connectivity index (χ3n) is 2.90. The number of benzene rings is 2. The van der Waals surface area contributed by atoms with E-state index in [0.717, 1.165) is 30.3 Å². The van der Waals surface area contributed by atoms with Crippen LogP contribution in [0.15, 0.2) is 36.4 Å². The summed E-state index contributed by atoms with van der Waals surface area (Å²) >= 11 is 0. The lowest BCUT2D eigenvalue weighted by Crippen LogP contribution is -1.98. The van der Waals surface area contributed by atoms with E-state index in [9.17, 15) is 35.1 Å². The monoisotopic (exact) mass is 333 g/mol. The maximum Gasteiger partial charge on any atom is 0.318 e. The summed E-state index contributed by atoms with van der Waals surface area (Å²) in [4.78, 5) is 41.0. The first-order chi connectivity index (χ1) is 11.3. The first-order valence-corrected chi connectivity index (χ1v) is 6.17. The fraction of sp³-hybridized carbons (Fsp3) is 0. The third kappa shape index (κ3) is 3.30. The number of carbonyl (C=O) groups is 1. The zero-order valence-corrected chi connectivity index (χ0v) is 11.6. The smallest absolute Gasteiger partial charge is 0.318 e. The molecule has 24 heavy (non-hydrogen) atoms. The Kier molecular flexibility index (Phi) is 4.45. The number of ether oxygens (including phenoxy) is 1. The molecule has 0 heterocycles. The van der Waals surface area contributed by atoms with Crippen LogP contribution in [-0.2, 0) is 0 Å². The summed E-state index contributed by atoms with van der Waals surface area (Å²) in [6.07, 6.45) is 0.291. The van der Waals surface area contributed by atoms with Gasteiger partial charge in [0.2, 0.25) is 5.75 Å². The summed E-state index contributed by atoms with van der Waals surface area (Å²) in [5.41, 5.74) is -1.74. The number of non-ortho nitro benzene ring substituents is 2. The largest absolute Gasteiger partial charge is 0.449 e. The molecule has 2 aromatic carbocycles. The Morgan fingerprint density at radius 2 is 1.33 bits per heavy atom. The quantitative estimate of drug-likeness (QED) is 0.443. The fourth-order valence-electron chi connectivity index (χ4n) is 1.80. The van der Waals surface area contributed by atoms with E-state index >= 15 is 0 Å². The molecule has 2 rings (SSSR count). The lowest BCUT2D eigenvalue weighted by atomic mass is 10.2. The van der Waals surface area contributed by atoms with Crippen molar-refractivity contribution >= 4 is 23.3 Å². The number of aldehydes is 1. The van der Waals surface area contributed by atoms with Gasteiger partial charge in [-0.05, 0) is 12.1 Å². The molecule has 0 bridgehead atoms. The summed E-state index contributed by atoms with van der Waals surface area (Å²) in [6.45, 7) is 0. The van der Waals surface area contributed by atoms with Crippen molar-refractivity contribution in [3.8, 4) is 11.5 Å². The molecule has 122 valence electrons. The van der Waals surface area contributed by atoms with Gasteiger partial charge in [0.15, 0.2) is 6.29 Å². The maximum absolute atomic E-state index is 11.0. The summed E-state index contributed by atoms with van der Waals surface area (Å²) in [5.74, 6) is -0.505. The highest BCUT2D eigenvalue weighted by Gasteiger charge is 2.22. The Morgan fingerprint density at radius 3 is 1.83 bits per heavy atom. The topological polar surface area (TPSA) is 156 Å². The molecule has 0 aromatic heterocycles. The molecule has 0 atom stereocenters. The molecule has 11 nitrogen and oxygen atoms in total. The number of hydrogen-bond donors (Lipinski definition) is 0. The minimum atomic E-state index is -0.881. The van der Waals surface area contributed by atoms with Gasteiger partial charge in [-0.1, -0.05) is 0 Å². The Bertz CT molecular complexity index is 864. The molecule has 0 radical (unpaired) electrons. The van der Waals surface area contributed by atoms with Gasteiger partial charge in [0.25, 0.3) is 11.4 Å². The fourth-order valence-corrected chi connectivity index (χ4v) is 1.80. The maximum atomic E-state index is 11.0. The molecular formula is C13H7N3O8. The first kappa shape index (κ1) is 16.5. The van der Waals surface area contributed by atoms with E-state index in [1.54, 1.807) is 0 Å². The normalized spacial score (nSPS) is 10.0. The van der Waals surface area contributed by atoms with Gasteiger partial charge in [0.1, 0.15) is 5.75 Å². The molecule has 0 aliphatic rings. The number of nitro groups is 3. The third-order valence-corrected chi connectivity index (χ3v) is 2.90. The van der Waals surface area contributed by atoms with E-state index in [1.807, 2.05) is 0 Å². The van der Waals surface area contributed by atoms with Gasteiger partial charge < -0.3 is 4.74 Å². The number of nitro benzene ring substituents is 3. The van der Waals surface area contributed by atoms with Crippen LogP contribution in [0.4, 0.5) is 17.1 Å². The Morgan fingerprint density at radius 1 is 0.792 bits per heavy atom. The van der Waals surface area contributed by atoms with Crippen LogP contribution < -0.4 is 4.74 Å².